The summed E-state index contributed by atoms with van der Waals surface area (Å²) in [6.45, 7) is 4.75. The Morgan fingerprint density at radius 2 is 0.905 bits per heavy atom. The van der Waals surface area contributed by atoms with Crippen molar-refractivity contribution in [3.63, 3.8) is 0 Å². The van der Waals surface area contributed by atoms with Crippen LogP contribution in [0, 0.1) is 0 Å². The third-order valence-electron chi connectivity index (χ3n) is 13.2. The second-order valence-electron chi connectivity index (χ2n) is 17.2. The summed E-state index contributed by atoms with van der Waals surface area (Å²) in [5.74, 6) is 0.695. The van der Waals surface area contributed by atoms with E-state index < -0.39 is 0 Å². The van der Waals surface area contributed by atoms with Crippen LogP contribution in [0.2, 0.25) is 0 Å². The summed E-state index contributed by atoms with van der Waals surface area (Å²) in [4.78, 5) is 14.7. The van der Waals surface area contributed by atoms with Crippen molar-refractivity contribution in [2.45, 2.75) is 19.3 Å². The summed E-state index contributed by atoms with van der Waals surface area (Å²) in [7, 11) is 0. The zero-order valence-corrected chi connectivity index (χ0v) is 35.0. The number of hydrogen-bond acceptors (Lipinski definition) is 3. The molecule has 0 amide bonds. The number of aromatic nitrogens is 3. The molecule has 0 unspecified atom stereocenters. The van der Waals surface area contributed by atoms with Gasteiger partial charge in [-0.25, -0.2) is 9.97 Å². The smallest absolute Gasteiger partial charge is 0.160 e. The van der Waals surface area contributed by atoms with E-state index in [-0.39, 0.29) is 5.41 Å². The second-order valence-corrected chi connectivity index (χ2v) is 17.2. The second kappa shape index (κ2) is 14.6. The van der Waals surface area contributed by atoms with Gasteiger partial charge in [0.15, 0.2) is 5.82 Å². The van der Waals surface area contributed by atoms with Crippen molar-refractivity contribution in [1.82, 2.24) is 15.0 Å². The predicted molar refractivity (Wildman–Crippen MR) is 263 cm³/mol. The first-order valence-corrected chi connectivity index (χ1v) is 21.7. The van der Waals surface area contributed by atoms with E-state index >= 15 is 0 Å². The van der Waals surface area contributed by atoms with Crippen LogP contribution in [0.25, 0.3) is 111 Å². The van der Waals surface area contributed by atoms with Gasteiger partial charge in [0.1, 0.15) is 0 Å². The van der Waals surface area contributed by atoms with E-state index in [1.807, 2.05) is 30.5 Å². The van der Waals surface area contributed by atoms with Gasteiger partial charge in [-0.1, -0.05) is 196 Å². The van der Waals surface area contributed by atoms with E-state index in [1.54, 1.807) is 6.20 Å². The topological polar surface area (TPSA) is 38.7 Å². The highest BCUT2D eigenvalue weighted by Crippen LogP contribution is 2.52. The average Bonchev–Trinajstić information content (AvgIpc) is 3.59. The third-order valence-corrected chi connectivity index (χ3v) is 13.2. The molecule has 63 heavy (non-hydrogen) atoms. The SMILES string of the molecule is CC1(C)c2ccc(-c3ccc(-c4ccc(-c5cc(-c6ccc(-c7cccnc7)cc6)nc(-c6ccccc6)n5)c5ccccc45)c4ccccc34)cc2-c2ccc3ccccc3c21. The molecule has 0 bridgehead atoms. The average molecular weight is 804 g/mol. The van der Waals surface area contributed by atoms with E-state index in [0.29, 0.717) is 5.82 Å². The fourth-order valence-electron chi connectivity index (χ4n) is 10.1. The molecule has 3 heteroatoms. The van der Waals surface area contributed by atoms with Crippen LogP contribution in [0.15, 0.2) is 213 Å². The van der Waals surface area contributed by atoms with Gasteiger partial charge in [0.05, 0.1) is 11.4 Å². The van der Waals surface area contributed by atoms with Gasteiger partial charge < -0.3 is 0 Å². The minimum Gasteiger partial charge on any atom is -0.264 e. The Bertz CT molecular complexity index is 3570. The van der Waals surface area contributed by atoms with Crippen molar-refractivity contribution in [1.29, 1.82) is 0 Å². The van der Waals surface area contributed by atoms with E-state index in [4.69, 9.17) is 9.97 Å². The van der Waals surface area contributed by atoms with Gasteiger partial charge in [0, 0.05) is 34.5 Å². The van der Waals surface area contributed by atoms with Crippen molar-refractivity contribution in [3.05, 3.63) is 224 Å². The van der Waals surface area contributed by atoms with Gasteiger partial charge in [0.25, 0.3) is 0 Å². The summed E-state index contributed by atoms with van der Waals surface area (Å²) in [6.07, 6.45) is 3.70. The van der Waals surface area contributed by atoms with E-state index in [2.05, 4.69) is 195 Å². The fraction of sp³-hybridized carbons (Fsp3) is 0.0500. The maximum atomic E-state index is 5.26. The molecule has 0 fully saturated rings. The molecule has 0 saturated heterocycles. The molecule has 0 atom stereocenters. The van der Waals surface area contributed by atoms with E-state index in [9.17, 15) is 0 Å². The van der Waals surface area contributed by atoms with Crippen LogP contribution in [0.1, 0.15) is 25.0 Å². The predicted octanol–water partition coefficient (Wildman–Crippen LogP) is 15.6. The molecule has 9 aromatic carbocycles. The van der Waals surface area contributed by atoms with Gasteiger partial charge in [-0.15, -0.1) is 0 Å². The minimum absolute atomic E-state index is 0.0914. The van der Waals surface area contributed by atoms with Crippen molar-refractivity contribution >= 4 is 32.3 Å². The van der Waals surface area contributed by atoms with Gasteiger partial charge in [-0.3, -0.25) is 4.98 Å². The molecule has 0 radical (unpaired) electrons. The fourth-order valence-corrected chi connectivity index (χ4v) is 10.1. The Morgan fingerprint density at radius 3 is 1.62 bits per heavy atom. The monoisotopic (exact) mass is 803 g/mol. The zero-order valence-electron chi connectivity index (χ0n) is 35.0. The minimum atomic E-state index is -0.0914. The van der Waals surface area contributed by atoms with E-state index in [1.165, 1.54) is 71.4 Å². The standard InChI is InChI=1S/C60H41N3/c1-60(2)55-33-27-42(35-54(55)53-28-26-39-13-6-7-17-45(39)58(53)60)44-29-30-50(47-19-9-8-18-46(44)47)51-31-32-52(49-21-11-10-20-48(49)51)57-36-56(62-59(63-57)41-14-4-3-5-15-41)40-24-22-38(23-25-40)43-16-12-34-61-37-43/h3-37H,1-2H3. The quantitative estimate of drug-likeness (QED) is 0.168. The Kier molecular flexibility index (Phi) is 8.52. The molecule has 0 saturated carbocycles. The summed E-state index contributed by atoms with van der Waals surface area (Å²) in [6, 6.07) is 72.4. The molecule has 12 rings (SSSR count). The number of nitrogens with zero attached hydrogens (tertiary/aromatic N) is 3. The molecule has 11 aromatic rings. The van der Waals surface area contributed by atoms with Crippen LogP contribution in [-0.2, 0) is 5.41 Å². The highest BCUT2D eigenvalue weighted by atomic mass is 14.9. The van der Waals surface area contributed by atoms with E-state index in [0.717, 1.165) is 44.6 Å². The molecule has 296 valence electrons. The van der Waals surface area contributed by atoms with Crippen LogP contribution in [-0.4, -0.2) is 15.0 Å². The van der Waals surface area contributed by atoms with Gasteiger partial charge in [0.2, 0.25) is 0 Å². The molecule has 2 aromatic heterocycles. The summed E-state index contributed by atoms with van der Waals surface area (Å²) in [5, 5.41) is 7.42. The summed E-state index contributed by atoms with van der Waals surface area (Å²) < 4.78 is 0. The number of rotatable bonds is 6. The van der Waals surface area contributed by atoms with Crippen molar-refractivity contribution in [3.8, 4) is 78.4 Å². The number of fused-ring (bicyclic) bond motifs is 7. The molecule has 0 aliphatic heterocycles. The van der Waals surface area contributed by atoms with Crippen LogP contribution < -0.4 is 0 Å². The molecular formula is C60H41N3. The van der Waals surface area contributed by atoms with Crippen LogP contribution in [0.3, 0.4) is 0 Å². The maximum Gasteiger partial charge on any atom is 0.160 e. The highest BCUT2D eigenvalue weighted by molar-refractivity contribution is 6.12. The first-order chi connectivity index (χ1) is 31.0. The number of benzene rings is 9. The Hall–Kier alpha value is -8.01. The van der Waals surface area contributed by atoms with Gasteiger partial charge >= 0.3 is 0 Å². The lowest BCUT2D eigenvalue weighted by molar-refractivity contribution is 0.666. The highest BCUT2D eigenvalue weighted by Gasteiger charge is 2.37. The first-order valence-electron chi connectivity index (χ1n) is 21.7. The lowest BCUT2D eigenvalue weighted by atomic mass is 9.80. The molecular weight excluding hydrogens is 763 g/mol. The van der Waals surface area contributed by atoms with Crippen LogP contribution in [0.4, 0.5) is 0 Å². The number of hydrogen-bond donors (Lipinski definition) is 0. The van der Waals surface area contributed by atoms with Crippen LogP contribution in [0.5, 0.6) is 0 Å². The molecule has 2 heterocycles. The molecule has 3 nitrogen and oxygen atoms in total. The van der Waals surface area contributed by atoms with Gasteiger partial charge in [-0.2, -0.15) is 0 Å². The third kappa shape index (κ3) is 6.07. The van der Waals surface area contributed by atoms with Crippen molar-refractivity contribution in [2.24, 2.45) is 0 Å². The van der Waals surface area contributed by atoms with Crippen LogP contribution >= 0.6 is 0 Å². The maximum absolute atomic E-state index is 5.26. The summed E-state index contributed by atoms with van der Waals surface area (Å²) >= 11 is 0. The first kappa shape index (κ1) is 36.8. The molecule has 0 N–H and O–H groups in total. The Balaban J connectivity index is 0.975. The number of pyridine rings is 1. The largest absolute Gasteiger partial charge is 0.264 e. The molecule has 1 aliphatic rings. The normalized spacial score (nSPS) is 12.7. The van der Waals surface area contributed by atoms with Crippen molar-refractivity contribution < 1.29 is 0 Å². The Labute approximate surface area is 367 Å². The lowest BCUT2D eigenvalue weighted by Gasteiger charge is -2.23. The van der Waals surface area contributed by atoms with Gasteiger partial charge in [-0.05, 0) is 106 Å². The summed E-state index contributed by atoms with van der Waals surface area (Å²) in [5.41, 5.74) is 17.3. The lowest BCUT2D eigenvalue weighted by Crippen LogP contribution is -2.15. The zero-order chi connectivity index (χ0) is 42.1. The molecule has 0 spiro atoms. The molecule has 1 aliphatic carbocycles. The van der Waals surface area contributed by atoms with Crippen molar-refractivity contribution in [2.75, 3.05) is 0 Å². The Morgan fingerprint density at radius 1 is 0.349 bits per heavy atom.